The van der Waals surface area contributed by atoms with Crippen LogP contribution in [0.1, 0.15) is 22.3 Å². The molecule has 38 heavy (non-hydrogen) atoms. The number of nitriles is 2. The number of hydrogen-bond donors (Lipinski definition) is 0. The van der Waals surface area contributed by atoms with Gasteiger partial charge in [0.15, 0.2) is 11.6 Å². The second-order valence-electron chi connectivity index (χ2n) is 7.95. The second kappa shape index (κ2) is 11.4. The first-order valence-electron chi connectivity index (χ1n) is 10.8. The van der Waals surface area contributed by atoms with Crippen molar-refractivity contribution in [2.75, 3.05) is 0 Å². The van der Waals surface area contributed by atoms with Crippen LogP contribution in [0, 0.1) is 42.3 Å². The highest BCUT2D eigenvalue weighted by Crippen LogP contribution is 2.51. The third-order valence-corrected chi connectivity index (χ3v) is 6.45. The summed E-state index contributed by atoms with van der Waals surface area (Å²) in [5, 5.41) is 20.5. The summed E-state index contributed by atoms with van der Waals surface area (Å²) in [4.78, 5) is 0. The van der Waals surface area contributed by atoms with Crippen LogP contribution in [0.25, 0.3) is 0 Å². The number of halogens is 5. The number of ether oxygens (including phenoxy) is 3. The Morgan fingerprint density at radius 2 is 1.13 bits per heavy atom. The lowest BCUT2D eigenvalue weighted by atomic mass is 10.0. The zero-order valence-corrected chi connectivity index (χ0v) is 22.7. The maximum absolute atomic E-state index is 15.9. The van der Waals surface area contributed by atoms with E-state index in [1.54, 1.807) is 32.0 Å². The van der Waals surface area contributed by atoms with Gasteiger partial charge in [0, 0.05) is 22.2 Å². The molecule has 0 bridgehead atoms. The van der Waals surface area contributed by atoms with E-state index in [1.807, 2.05) is 12.1 Å². The standard InChI is InChI=1S/C28H15Cl4FN2O3/c1-14-4-3-5-15(2)25(14)38-26-19(13-35)18(12-34)24(33)27(36-22-10-16(29)6-8-20(22)31)28(26)37-23-11-17(30)7-9-21(23)32/h3-11H,1-2H3. The van der Waals surface area contributed by atoms with Gasteiger partial charge in [-0.1, -0.05) is 64.6 Å². The Morgan fingerprint density at radius 3 is 1.63 bits per heavy atom. The van der Waals surface area contributed by atoms with E-state index >= 15 is 4.39 Å². The van der Waals surface area contributed by atoms with Gasteiger partial charge >= 0.3 is 0 Å². The maximum Gasteiger partial charge on any atom is 0.217 e. The van der Waals surface area contributed by atoms with E-state index < -0.39 is 22.7 Å². The maximum atomic E-state index is 15.9. The minimum atomic E-state index is -1.18. The van der Waals surface area contributed by atoms with Gasteiger partial charge in [0.2, 0.25) is 11.5 Å². The van der Waals surface area contributed by atoms with Crippen LogP contribution in [-0.4, -0.2) is 0 Å². The van der Waals surface area contributed by atoms with Crippen LogP contribution >= 0.6 is 46.4 Å². The molecule has 4 aromatic carbocycles. The van der Waals surface area contributed by atoms with Crippen LogP contribution in [0.15, 0.2) is 54.6 Å². The van der Waals surface area contributed by atoms with E-state index in [4.69, 9.17) is 60.6 Å². The highest BCUT2D eigenvalue weighted by Gasteiger charge is 2.31. The van der Waals surface area contributed by atoms with Crippen molar-refractivity contribution >= 4 is 46.4 Å². The molecule has 190 valence electrons. The predicted octanol–water partition coefficient (Wildman–Crippen LogP) is 10.2. The molecule has 0 heterocycles. The van der Waals surface area contributed by atoms with Crippen LogP contribution < -0.4 is 14.2 Å². The first kappa shape index (κ1) is 27.4. The topological polar surface area (TPSA) is 75.3 Å². The molecule has 0 aliphatic rings. The lowest BCUT2D eigenvalue weighted by Gasteiger charge is -2.21. The minimum Gasteiger partial charge on any atom is -0.451 e. The van der Waals surface area contributed by atoms with E-state index in [0.717, 1.165) is 0 Å². The van der Waals surface area contributed by atoms with Gasteiger partial charge in [0.1, 0.15) is 40.5 Å². The summed E-state index contributed by atoms with van der Waals surface area (Å²) in [5.41, 5.74) is 0.393. The van der Waals surface area contributed by atoms with E-state index in [-0.39, 0.29) is 43.1 Å². The number of aryl methyl sites for hydroxylation is 2. The van der Waals surface area contributed by atoms with Crippen LogP contribution in [0.3, 0.4) is 0 Å². The highest BCUT2D eigenvalue weighted by molar-refractivity contribution is 6.34. The molecule has 0 aliphatic carbocycles. The zero-order chi connectivity index (χ0) is 27.6. The Balaban J connectivity index is 2.07. The molecule has 0 spiro atoms. The van der Waals surface area contributed by atoms with Crippen molar-refractivity contribution in [3.05, 3.63) is 103 Å². The van der Waals surface area contributed by atoms with E-state index in [2.05, 4.69) is 0 Å². The van der Waals surface area contributed by atoms with Gasteiger partial charge in [-0.15, -0.1) is 0 Å². The van der Waals surface area contributed by atoms with Gasteiger partial charge in [-0.25, -0.2) is 4.39 Å². The monoisotopic (exact) mass is 586 g/mol. The van der Waals surface area contributed by atoms with Crippen LogP contribution in [0.5, 0.6) is 34.5 Å². The SMILES string of the molecule is Cc1cccc(C)c1Oc1c(C#N)c(C#N)c(F)c(Oc2cc(Cl)ccc2Cl)c1Oc1cc(Cl)ccc1Cl. The molecular formula is C28H15Cl4FN2O3. The summed E-state index contributed by atoms with van der Waals surface area (Å²) in [7, 11) is 0. The van der Waals surface area contributed by atoms with Crippen LogP contribution in [-0.2, 0) is 0 Å². The van der Waals surface area contributed by atoms with Gasteiger partial charge in [0.25, 0.3) is 0 Å². The number of nitrogens with zero attached hydrogens (tertiary/aromatic N) is 2. The number of para-hydroxylation sites is 1. The molecule has 0 fully saturated rings. The molecule has 4 rings (SSSR count). The average molecular weight is 588 g/mol. The Hall–Kier alpha value is -3.65. The number of hydrogen-bond acceptors (Lipinski definition) is 5. The van der Waals surface area contributed by atoms with Crippen molar-refractivity contribution in [1.29, 1.82) is 10.5 Å². The third-order valence-electron chi connectivity index (χ3n) is 5.36. The molecule has 0 aliphatic heterocycles. The fraction of sp³-hybridized carbons (Fsp3) is 0.0714. The molecular weight excluding hydrogens is 573 g/mol. The van der Waals surface area contributed by atoms with E-state index in [0.29, 0.717) is 16.9 Å². The summed E-state index contributed by atoms with van der Waals surface area (Å²) >= 11 is 24.8. The summed E-state index contributed by atoms with van der Waals surface area (Å²) in [6, 6.07) is 17.7. The van der Waals surface area contributed by atoms with Gasteiger partial charge in [-0.05, 0) is 49.2 Å². The van der Waals surface area contributed by atoms with Gasteiger partial charge < -0.3 is 14.2 Å². The lowest BCUT2D eigenvalue weighted by molar-refractivity contribution is 0.367. The molecule has 0 atom stereocenters. The van der Waals surface area contributed by atoms with Crippen molar-refractivity contribution in [3.63, 3.8) is 0 Å². The van der Waals surface area contributed by atoms with Crippen molar-refractivity contribution < 1.29 is 18.6 Å². The molecule has 0 aromatic heterocycles. The van der Waals surface area contributed by atoms with Crippen LogP contribution in [0.2, 0.25) is 20.1 Å². The van der Waals surface area contributed by atoms with Crippen molar-refractivity contribution in [1.82, 2.24) is 0 Å². The first-order chi connectivity index (χ1) is 18.1. The fourth-order valence-corrected chi connectivity index (χ4v) is 4.18. The van der Waals surface area contributed by atoms with Crippen molar-refractivity contribution in [2.24, 2.45) is 0 Å². The van der Waals surface area contributed by atoms with Gasteiger partial charge in [-0.2, -0.15) is 10.5 Å². The molecule has 10 heteroatoms. The zero-order valence-electron chi connectivity index (χ0n) is 19.7. The molecule has 5 nitrogen and oxygen atoms in total. The quantitative estimate of drug-likeness (QED) is 0.224. The molecule has 0 saturated carbocycles. The summed E-state index contributed by atoms with van der Waals surface area (Å²) in [6.07, 6.45) is 0. The largest absolute Gasteiger partial charge is 0.451 e. The number of benzene rings is 4. The molecule has 0 radical (unpaired) electrons. The average Bonchev–Trinajstić information content (AvgIpc) is 2.88. The fourth-order valence-electron chi connectivity index (χ4n) is 3.54. The van der Waals surface area contributed by atoms with Crippen molar-refractivity contribution in [3.8, 4) is 46.6 Å². The summed E-state index contributed by atoms with van der Waals surface area (Å²) < 4.78 is 33.9. The van der Waals surface area contributed by atoms with Crippen molar-refractivity contribution in [2.45, 2.75) is 13.8 Å². The smallest absolute Gasteiger partial charge is 0.217 e. The summed E-state index contributed by atoms with van der Waals surface area (Å²) in [5.74, 6) is -2.06. The van der Waals surface area contributed by atoms with E-state index in [1.165, 1.54) is 36.4 Å². The first-order valence-corrected chi connectivity index (χ1v) is 12.3. The molecule has 0 unspecified atom stereocenters. The Kier molecular flexibility index (Phi) is 8.21. The predicted molar refractivity (Wildman–Crippen MR) is 145 cm³/mol. The normalized spacial score (nSPS) is 10.4. The van der Waals surface area contributed by atoms with Crippen LogP contribution in [0.4, 0.5) is 4.39 Å². The Morgan fingerprint density at radius 1 is 0.632 bits per heavy atom. The molecule has 4 aromatic rings. The van der Waals surface area contributed by atoms with E-state index in [9.17, 15) is 10.5 Å². The van der Waals surface area contributed by atoms with Gasteiger partial charge in [-0.3, -0.25) is 0 Å². The molecule has 0 N–H and O–H groups in total. The summed E-state index contributed by atoms with van der Waals surface area (Å²) in [6.45, 7) is 3.58. The second-order valence-corrected chi connectivity index (χ2v) is 9.64. The Bertz CT molecular complexity index is 1640. The lowest BCUT2D eigenvalue weighted by Crippen LogP contribution is -2.04. The number of rotatable bonds is 6. The minimum absolute atomic E-state index is 0.0144. The highest BCUT2D eigenvalue weighted by atomic mass is 35.5. The molecule has 0 saturated heterocycles. The molecule has 0 amide bonds. The third kappa shape index (κ3) is 5.45. The van der Waals surface area contributed by atoms with Gasteiger partial charge in [0.05, 0.1) is 10.0 Å². The Labute approximate surface area is 238 Å².